The van der Waals surface area contributed by atoms with Gasteiger partial charge in [-0.2, -0.15) is 0 Å². The fourth-order valence-corrected chi connectivity index (χ4v) is 1.35. The van der Waals surface area contributed by atoms with Crippen molar-refractivity contribution < 1.29 is 4.79 Å². The first-order valence-electron chi connectivity index (χ1n) is 2.78. The highest BCUT2D eigenvalue weighted by Gasteiger charge is 2.22. The van der Waals surface area contributed by atoms with Crippen LogP contribution in [0.25, 0.3) is 0 Å². The number of rotatable bonds is 2. The van der Waals surface area contributed by atoms with Gasteiger partial charge in [-0.15, -0.1) is 0 Å². The Morgan fingerprint density at radius 1 is 1.88 bits per heavy atom. The first-order valence-corrected chi connectivity index (χ1v) is 3.72. The highest BCUT2D eigenvalue weighted by Crippen LogP contribution is 2.18. The van der Waals surface area contributed by atoms with Crippen molar-refractivity contribution in [2.75, 3.05) is 12.3 Å². The number of amides is 1. The van der Waals surface area contributed by atoms with Crippen LogP contribution in [0.15, 0.2) is 0 Å². The summed E-state index contributed by atoms with van der Waals surface area (Å²) in [7, 11) is 0. The molecule has 0 atom stereocenters. The van der Waals surface area contributed by atoms with Crippen molar-refractivity contribution in [3.8, 4) is 0 Å². The Morgan fingerprint density at radius 3 is 2.75 bits per heavy atom. The molecule has 0 aromatic rings. The Balaban J connectivity index is 2.17. The van der Waals surface area contributed by atoms with Gasteiger partial charge in [-0.25, -0.2) is 0 Å². The van der Waals surface area contributed by atoms with E-state index in [1.54, 1.807) is 16.3 Å². The zero-order valence-corrected chi connectivity index (χ0v) is 5.70. The van der Waals surface area contributed by atoms with Gasteiger partial charge in [0.05, 0.1) is 0 Å². The zero-order chi connectivity index (χ0) is 5.98. The standard InChI is InChI=1S/C5H9NOS/c1-2-8-6-4-3-5(6)7/h2-4H2,1H3. The van der Waals surface area contributed by atoms with Gasteiger partial charge in [0.1, 0.15) is 0 Å². The van der Waals surface area contributed by atoms with Gasteiger partial charge in [-0.05, 0) is 11.9 Å². The van der Waals surface area contributed by atoms with Crippen molar-refractivity contribution in [2.45, 2.75) is 13.3 Å². The third-order valence-corrected chi connectivity index (χ3v) is 2.05. The van der Waals surface area contributed by atoms with E-state index >= 15 is 0 Å². The van der Waals surface area contributed by atoms with Crippen LogP contribution < -0.4 is 0 Å². The van der Waals surface area contributed by atoms with Crippen LogP contribution in [0, 0.1) is 0 Å². The van der Waals surface area contributed by atoms with E-state index in [2.05, 4.69) is 6.92 Å². The van der Waals surface area contributed by atoms with Crippen LogP contribution in [0.2, 0.25) is 0 Å². The molecule has 0 aromatic carbocycles. The average Bonchev–Trinajstić information content (AvgIpc) is 1.79. The van der Waals surface area contributed by atoms with Gasteiger partial charge in [0.15, 0.2) is 0 Å². The Morgan fingerprint density at radius 2 is 2.62 bits per heavy atom. The predicted molar refractivity (Wildman–Crippen MR) is 34.5 cm³/mol. The van der Waals surface area contributed by atoms with Crippen LogP contribution in [-0.4, -0.2) is 22.5 Å². The molecule has 46 valence electrons. The van der Waals surface area contributed by atoms with Gasteiger partial charge >= 0.3 is 0 Å². The van der Waals surface area contributed by atoms with Crippen molar-refractivity contribution in [3.63, 3.8) is 0 Å². The van der Waals surface area contributed by atoms with Crippen molar-refractivity contribution in [3.05, 3.63) is 0 Å². The minimum absolute atomic E-state index is 0.289. The second-order valence-corrected chi connectivity index (χ2v) is 2.94. The largest absolute Gasteiger partial charge is 0.286 e. The van der Waals surface area contributed by atoms with Gasteiger partial charge in [0.25, 0.3) is 0 Å². The smallest absolute Gasteiger partial charge is 0.234 e. The molecule has 1 saturated heterocycles. The summed E-state index contributed by atoms with van der Waals surface area (Å²) in [5.74, 6) is 1.29. The van der Waals surface area contributed by atoms with Crippen LogP contribution >= 0.6 is 11.9 Å². The molecular weight excluding hydrogens is 122 g/mol. The number of nitrogens with zero attached hydrogens (tertiary/aromatic N) is 1. The Kier molecular flexibility index (Phi) is 1.78. The minimum atomic E-state index is 0.289. The van der Waals surface area contributed by atoms with Crippen LogP contribution in [0.3, 0.4) is 0 Å². The quantitative estimate of drug-likeness (QED) is 0.409. The molecule has 1 fully saturated rings. The summed E-state index contributed by atoms with van der Waals surface area (Å²) < 4.78 is 1.81. The molecule has 0 N–H and O–H groups in total. The van der Waals surface area contributed by atoms with Crippen LogP contribution in [0.1, 0.15) is 13.3 Å². The lowest BCUT2D eigenvalue weighted by Crippen LogP contribution is -2.37. The van der Waals surface area contributed by atoms with E-state index < -0.39 is 0 Å². The second-order valence-electron chi connectivity index (χ2n) is 1.66. The first kappa shape index (κ1) is 5.95. The maximum absolute atomic E-state index is 10.5. The molecule has 0 bridgehead atoms. The van der Waals surface area contributed by atoms with Gasteiger partial charge in [0, 0.05) is 18.7 Å². The van der Waals surface area contributed by atoms with Crippen molar-refractivity contribution >= 4 is 17.9 Å². The molecule has 0 spiro atoms. The third-order valence-electron chi connectivity index (χ3n) is 1.09. The number of hydrogen-bond donors (Lipinski definition) is 0. The van der Waals surface area contributed by atoms with Gasteiger partial charge in [-0.3, -0.25) is 9.10 Å². The molecule has 1 heterocycles. The monoisotopic (exact) mass is 131 g/mol. The molecule has 2 nitrogen and oxygen atoms in total. The molecule has 0 saturated carbocycles. The second kappa shape index (κ2) is 2.40. The summed E-state index contributed by atoms with van der Waals surface area (Å²) in [5, 5.41) is 0. The predicted octanol–water partition coefficient (Wildman–Crippen LogP) is 0.887. The Bertz CT molecular complexity index is 105. The third kappa shape index (κ3) is 0.968. The van der Waals surface area contributed by atoms with E-state index in [0.29, 0.717) is 0 Å². The van der Waals surface area contributed by atoms with Crippen molar-refractivity contribution in [1.29, 1.82) is 0 Å². The highest BCUT2D eigenvalue weighted by atomic mass is 32.2. The fourth-order valence-electron chi connectivity index (χ4n) is 0.587. The van der Waals surface area contributed by atoms with Crippen LogP contribution in [-0.2, 0) is 4.79 Å². The normalized spacial score (nSPS) is 18.6. The van der Waals surface area contributed by atoms with E-state index in [1.807, 2.05) is 0 Å². The molecule has 8 heavy (non-hydrogen) atoms. The first-order chi connectivity index (χ1) is 3.84. The lowest BCUT2D eigenvalue weighted by Gasteiger charge is -2.28. The van der Waals surface area contributed by atoms with E-state index in [9.17, 15) is 4.79 Å². The van der Waals surface area contributed by atoms with E-state index in [0.717, 1.165) is 18.7 Å². The van der Waals surface area contributed by atoms with Gasteiger partial charge in [0.2, 0.25) is 5.91 Å². The molecule has 3 heteroatoms. The van der Waals surface area contributed by atoms with Gasteiger partial charge in [-0.1, -0.05) is 6.92 Å². The average molecular weight is 131 g/mol. The summed E-state index contributed by atoms with van der Waals surface area (Å²) in [4.78, 5) is 10.5. The maximum atomic E-state index is 10.5. The Labute approximate surface area is 53.4 Å². The summed E-state index contributed by atoms with van der Waals surface area (Å²) in [6.45, 7) is 3.01. The molecule has 1 aliphatic rings. The number of carbonyl (C=O) groups is 1. The summed E-state index contributed by atoms with van der Waals surface area (Å²) >= 11 is 1.61. The maximum Gasteiger partial charge on any atom is 0.234 e. The summed E-state index contributed by atoms with van der Waals surface area (Å²) in [6, 6.07) is 0. The molecule has 0 radical (unpaired) electrons. The molecule has 0 unspecified atom stereocenters. The van der Waals surface area contributed by atoms with Crippen LogP contribution in [0.5, 0.6) is 0 Å². The number of carbonyl (C=O) groups excluding carboxylic acids is 1. The Hall–Kier alpha value is -0.180. The lowest BCUT2D eigenvalue weighted by molar-refractivity contribution is -0.132. The summed E-state index contributed by atoms with van der Waals surface area (Å²) in [6.07, 6.45) is 0.757. The van der Waals surface area contributed by atoms with E-state index in [-0.39, 0.29) is 5.91 Å². The minimum Gasteiger partial charge on any atom is -0.286 e. The molecular formula is C5H9NOS. The zero-order valence-electron chi connectivity index (χ0n) is 4.89. The molecule has 1 rings (SSSR count). The van der Waals surface area contributed by atoms with Crippen molar-refractivity contribution in [1.82, 2.24) is 4.31 Å². The fraction of sp³-hybridized carbons (Fsp3) is 0.800. The molecule has 0 aliphatic carbocycles. The van der Waals surface area contributed by atoms with Gasteiger partial charge < -0.3 is 0 Å². The lowest BCUT2D eigenvalue weighted by atomic mass is 10.3. The molecule has 0 aromatic heterocycles. The topological polar surface area (TPSA) is 20.3 Å². The van der Waals surface area contributed by atoms with Crippen LogP contribution in [0.4, 0.5) is 0 Å². The summed E-state index contributed by atoms with van der Waals surface area (Å²) in [5.41, 5.74) is 0. The highest BCUT2D eigenvalue weighted by molar-refractivity contribution is 7.97. The van der Waals surface area contributed by atoms with E-state index in [4.69, 9.17) is 0 Å². The number of β-lactam (4-membered cyclic amide) rings is 1. The molecule has 1 aliphatic heterocycles. The SMILES string of the molecule is CCSN1CCC1=O. The molecule has 1 amide bonds. The number of hydrogen-bond acceptors (Lipinski definition) is 2. The van der Waals surface area contributed by atoms with E-state index in [1.165, 1.54) is 0 Å². The van der Waals surface area contributed by atoms with Crippen molar-refractivity contribution in [2.24, 2.45) is 0 Å².